The van der Waals surface area contributed by atoms with Crippen molar-refractivity contribution in [3.8, 4) is 0 Å². The van der Waals surface area contributed by atoms with E-state index >= 15 is 0 Å². The summed E-state index contributed by atoms with van der Waals surface area (Å²) in [6, 6.07) is 0. The molecule has 0 radical (unpaired) electrons. The summed E-state index contributed by atoms with van der Waals surface area (Å²) < 4.78 is 0. The van der Waals surface area contributed by atoms with Crippen molar-refractivity contribution in [3.05, 3.63) is 48.1 Å². The van der Waals surface area contributed by atoms with Crippen LogP contribution in [0.25, 0.3) is 5.57 Å². The van der Waals surface area contributed by atoms with E-state index in [-0.39, 0.29) is 0 Å². The molecular formula is C17H30N2. The second-order valence-electron chi connectivity index (χ2n) is 3.43. The fourth-order valence-corrected chi connectivity index (χ4v) is 1.31. The Morgan fingerprint density at radius 3 is 2.26 bits per heavy atom. The molecule has 0 saturated carbocycles. The zero-order valence-electron chi connectivity index (χ0n) is 13.7. The van der Waals surface area contributed by atoms with Gasteiger partial charge in [-0.3, -0.25) is 0 Å². The molecule has 0 fully saturated rings. The van der Waals surface area contributed by atoms with Crippen LogP contribution < -0.4 is 0 Å². The molecule has 1 rings (SSSR count). The highest BCUT2D eigenvalue weighted by atomic mass is 14.9. The molecule has 0 spiro atoms. The highest BCUT2D eigenvalue weighted by Gasteiger charge is 2.01. The number of H-pyrrole nitrogens is 1. The molecule has 0 unspecified atom stereocenters. The third-order valence-electron chi connectivity index (χ3n) is 2.29. The summed E-state index contributed by atoms with van der Waals surface area (Å²) in [4.78, 5) is 7.57. The number of hydrogen-bond acceptors (Lipinski definition) is 1. The molecule has 1 aromatic heterocycles. The maximum Gasteiger partial charge on any atom is 0.106 e. The summed E-state index contributed by atoms with van der Waals surface area (Å²) in [5.41, 5.74) is 3.37. The van der Waals surface area contributed by atoms with E-state index in [4.69, 9.17) is 0 Å². The Bertz CT molecular complexity index is 395. The highest BCUT2D eigenvalue weighted by Crippen LogP contribution is 2.16. The molecule has 0 aromatic carbocycles. The monoisotopic (exact) mass is 262 g/mol. The highest BCUT2D eigenvalue weighted by molar-refractivity contribution is 5.72. The fraction of sp³-hybridized carbons (Fsp3) is 0.471. The van der Waals surface area contributed by atoms with Crippen LogP contribution in [0.1, 0.15) is 60.0 Å². The Labute approximate surface area is 119 Å². The van der Waals surface area contributed by atoms with Crippen molar-refractivity contribution in [1.29, 1.82) is 0 Å². The van der Waals surface area contributed by atoms with Gasteiger partial charge in [-0.25, -0.2) is 4.98 Å². The largest absolute Gasteiger partial charge is 0.342 e. The van der Waals surface area contributed by atoms with E-state index in [1.807, 2.05) is 53.8 Å². The van der Waals surface area contributed by atoms with Gasteiger partial charge < -0.3 is 4.98 Å². The maximum atomic E-state index is 4.29. The first kappa shape index (κ1) is 19.8. The maximum absolute atomic E-state index is 4.29. The number of nitrogens with one attached hydrogen (secondary N) is 1. The molecule has 0 aliphatic heterocycles. The molecule has 2 heteroatoms. The molecule has 0 bridgehead atoms. The Balaban J connectivity index is 0. The molecule has 1 aromatic rings. The van der Waals surface area contributed by atoms with Crippen LogP contribution in [0.15, 0.2) is 36.6 Å². The fourth-order valence-electron chi connectivity index (χ4n) is 1.31. The third-order valence-corrected chi connectivity index (χ3v) is 2.29. The number of aryl methyl sites for hydroxylation is 1. The molecule has 0 atom stereocenters. The van der Waals surface area contributed by atoms with Gasteiger partial charge in [0.25, 0.3) is 0 Å². The molecule has 2 nitrogen and oxygen atoms in total. The third kappa shape index (κ3) is 7.45. The van der Waals surface area contributed by atoms with Crippen molar-refractivity contribution in [2.24, 2.45) is 0 Å². The van der Waals surface area contributed by atoms with Crippen molar-refractivity contribution in [3.63, 3.8) is 0 Å². The van der Waals surface area contributed by atoms with E-state index in [1.54, 1.807) is 0 Å². The van der Waals surface area contributed by atoms with E-state index in [0.717, 1.165) is 29.1 Å². The first-order chi connectivity index (χ1) is 9.21. The summed E-state index contributed by atoms with van der Waals surface area (Å²) in [5, 5.41) is 0. The molecule has 108 valence electrons. The molecule has 19 heavy (non-hydrogen) atoms. The molecule has 1 N–H and O–H groups in total. The first-order valence-corrected chi connectivity index (χ1v) is 7.22. The summed E-state index contributed by atoms with van der Waals surface area (Å²) in [6.45, 7) is 17.9. The molecule has 1 heterocycles. The molecule has 0 amide bonds. The number of rotatable bonds is 4. The number of nitrogens with zero attached hydrogens (tertiary/aromatic N) is 1. The number of aromatic amines is 1. The minimum absolute atomic E-state index is 0.932. The van der Waals surface area contributed by atoms with Crippen LogP contribution in [-0.4, -0.2) is 9.97 Å². The number of hydrogen-bond donors (Lipinski definition) is 1. The lowest BCUT2D eigenvalue weighted by atomic mass is 10.1. The van der Waals surface area contributed by atoms with E-state index in [2.05, 4.69) is 35.6 Å². The Morgan fingerprint density at radius 1 is 1.32 bits per heavy atom. The molecular weight excluding hydrogens is 232 g/mol. The molecule has 0 saturated heterocycles. The quantitative estimate of drug-likeness (QED) is 0.707. The van der Waals surface area contributed by atoms with Gasteiger partial charge in [0, 0.05) is 6.42 Å². The second kappa shape index (κ2) is 12.9. The van der Waals surface area contributed by atoms with E-state index in [9.17, 15) is 0 Å². The SMILES string of the molecule is C=C/C(C)=C\C(=C/C)c1cnc(CC)[nH]1.CC.CC. The van der Waals surface area contributed by atoms with Crippen molar-refractivity contribution in [1.82, 2.24) is 9.97 Å². The van der Waals surface area contributed by atoms with Gasteiger partial charge in [0.05, 0.1) is 11.9 Å². The smallest absolute Gasteiger partial charge is 0.106 e. The van der Waals surface area contributed by atoms with E-state index in [0.29, 0.717) is 0 Å². The van der Waals surface area contributed by atoms with Crippen LogP contribution in [0.4, 0.5) is 0 Å². The minimum atomic E-state index is 0.932. The Kier molecular flexibility index (Phi) is 13.4. The van der Waals surface area contributed by atoms with E-state index < -0.39 is 0 Å². The second-order valence-corrected chi connectivity index (χ2v) is 3.43. The summed E-state index contributed by atoms with van der Waals surface area (Å²) in [5.74, 6) is 1.02. The average molecular weight is 262 g/mol. The van der Waals surface area contributed by atoms with Crippen molar-refractivity contribution < 1.29 is 0 Å². The standard InChI is InChI=1S/C13H18N2.2C2H6/c1-5-10(4)8-11(6-2)12-9-14-13(7-3)15-12;2*1-2/h5-6,8-9H,1,7H2,2-4H3,(H,14,15);2*1-2H3/b10-8-,11-6+;;. The van der Waals surface area contributed by atoms with Gasteiger partial charge in [0.15, 0.2) is 0 Å². The number of allylic oxidation sites excluding steroid dienone is 5. The first-order valence-electron chi connectivity index (χ1n) is 7.22. The summed E-state index contributed by atoms with van der Waals surface area (Å²) in [7, 11) is 0. The van der Waals surface area contributed by atoms with Crippen molar-refractivity contribution in [2.45, 2.75) is 54.9 Å². The van der Waals surface area contributed by atoms with Crippen LogP contribution in [-0.2, 0) is 6.42 Å². The Morgan fingerprint density at radius 2 is 1.89 bits per heavy atom. The van der Waals surface area contributed by atoms with Crippen LogP contribution in [0, 0.1) is 0 Å². The van der Waals surface area contributed by atoms with Gasteiger partial charge in [-0.15, -0.1) is 0 Å². The van der Waals surface area contributed by atoms with Gasteiger partial charge in [-0.05, 0) is 19.4 Å². The number of imidazole rings is 1. The van der Waals surface area contributed by atoms with Gasteiger partial charge >= 0.3 is 0 Å². The minimum Gasteiger partial charge on any atom is -0.342 e. The predicted molar refractivity (Wildman–Crippen MR) is 88.3 cm³/mol. The normalized spacial score (nSPS) is 10.9. The molecule has 0 aliphatic rings. The Hall–Kier alpha value is -1.57. The lowest BCUT2D eigenvalue weighted by molar-refractivity contribution is 0.987. The van der Waals surface area contributed by atoms with Crippen LogP contribution >= 0.6 is 0 Å². The average Bonchev–Trinajstić information content (AvgIpc) is 2.97. The lowest BCUT2D eigenvalue weighted by Crippen LogP contribution is -1.85. The topological polar surface area (TPSA) is 28.7 Å². The molecule has 0 aliphatic carbocycles. The van der Waals surface area contributed by atoms with Crippen molar-refractivity contribution >= 4 is 5.57 Å². The lowest BCUT2D eigenvalue weighted by Gasteiger charge is -1.98. The van der Waals surface area contributed by atoms with Crippen molar-refractivity contribution in [2.75, 3.05) is 0 Å². The summed E-state index contributed by atoms with van der Waals surface area (Å²) in [6.07, 6.45) is 8.82. The van der Waals surface area contributed by atoms with Crippen LogP contribution in [0.5, 0.6) is 0 Å². The predicted octanol–water partition coefficient (Wildman–Crippen LogP) is 5.56. The van der Waals surface area contributed by atoms with Gasteiger partial charge in [0.1, 0.15) is 5.82 Å². The van der Waals surface area contributed by atoms with Gasteiger partial charge in [-0.1, -0.05) is 65.0 Å². The van der Waals surface area contributed by atoms with Crippen LogP contribution in [0.2, 0.25) is 0 Å². The van der Waals surface area contributed by atoms with Gasteiger partial charge in [-0.2, -0.15) is 0 Å². The zero-order valence-corrected chi connectivity index (χ0v) is 13.7. The summed E-state index contributed by atoms with van der Waals surface area (Å²) >= 11 is 0. The van der Waals surface area contributed by atoms with E-state index in [1.165, 1.54) is 0 Å². The zero-order chi connectivity index (χ0) is 15.3. The number of aromatic nitrogens is 2. The van der Waals surface area contributed by atoms with Gasteiger partial charge in [0.2, 0.25) is 0 Å². The van der Waals surface area contributed by atoms with Crippen LogP contribution in [0.3, 0.4) is 0 Å².